The fourth-order valence-electron chi connectivity index (χ4n) is 4.37. The fourth-order valence-corrected chi connectivity index (χ4v) is 4.37. The molecule has 0 fully saturated rings. The second-order valence-corrected chi connectivity index (χ2v) is 8.97. The fraction of sp³-hybridized carbons (Fsp3) is 0.778. The Labute approximate surface area is 181 Å². The van der Waals surface area contributed by atoms with Crippen LogP contribution in [0.1, 0.15) is 141 Å². The highest BCUT2D eigenvalue weighted by Crippen LogP contribution is 2.35. The predicted molar refractivity (Wildman–Crippen MR) is 127 cm³/mol. The van der Waals surface area contributed by atoms with Crippen LogP contribution in [0.4, 0.5) is 0 Å². The molecule has 2 N–H and O–H groups in total. The number of phenolic OH excluding ortho intramolecular Hbond substituents is 2. The van der Waals surface area contributed by atoms with Crippen molar-refractivity contribution in [2.45, 2.75) is 135 Å². The molecule has 0 aliphatic heterocycles. The van der Waals surface area contributed by atoms with Gasteiger partial charge in [-0.15, -0.1) is 0 Å². The Bertz CT molecular complexity index is 497. The molecule has 0 bridgehead atoms. The van der Waals surface area contributed by atoms with Gasteiger partial charge in [-0.05, 0) is 30.4 Å². The van der Waals surface area contributed by atoms with Crippen molar-refractivity contribution in [3.8, 4) is 11.5 Å². The molecule has 1 atom stereocenters. The maximum atomic E-state index is 10.2. The van der Waals surface area contributed by atoms with Gasteiger partial charge in [-0.3, -0.25) is 0 Å². The second-order valence-electron chi connectivity index (χ2n) is 8.97. The van der Waals surface area contributed by atoms with E-state index in [-0.39, 0.29) is 11.5 Å². The topological polar surface area (TPSA) is 40.5 Å². The lowest BCUT2D eigenvalue weighted by Crippen LogP contribution is -2.00. The van der Waals surface area contributed by atoms with Crippen LogP contribution in [0.25, 0.3) is 0 Å². The van der Waals surface area contributed by atoms with Crippen LogP contribution >= 0.6 is 0 Å². The number of hydrogen-bond donors (Lipinski definition) is 2. The van der Waals surface area contributed by atoms with Crippen molar-refractivity contribution >= 4 is 0 Å². The van der Waals surface area contributed by atoms with Crippen LogP contribution in [0.3, 0.4) is 0 Å². The Kier molecular flexibility index (Phi) is 15.7. The number of aromatic hydroxyl groups is 2. The molecule has 1 rings (SSSR count). The monoisotopic (exact) mass is 404 g/mol. The summed E-state index contributed by atoms with van der Waals surface area (Å²) in [6.07, 6.45) is 24.1. The first-order chi connectivity index (χ1) is 14.2. The average molecular weight is 405 g/mol. The molecule has 0 aliphatic rings. The van der Waals surface area contributed by atoms with Crippen LogP contribution in [0.2, 0.25) is 0 Å². The number of benzene rings is 1. The first-order valence-corrected chi connectivity index (χ1v) is 12.7. The minimum Gasteiger partial charge on any atom is -0.508 e. The molecule has 0 saturated carbocycles. The lowest BCUT2D eigenvalue weighted by molar-refractivity contribution is 0.429. The molecule has 0 saturated heterocycles. The summed E-state index contributed by atoms with van der Waals surface area (Å²) >= 11 is 0. The molecule has 168 valence electrons. The molecule has 0 aromatic heterocycles. The predicted octanol–water partition coefficient (Wildman–Crippen LogP) is 9.24. The van der Waals surface area contributed by atoms with E-state index in [9.17, 15) is 10.2 Å². The van der Waals surface area contributed by atoms with E-state index in [4.69, 9.17) is 0 Å². The Morgan fingerprint density at radius 2 is 1.03 bits per heavy atom. The summed E-state index contributed by atoms with van der Waals surface area (Å²) in [6.45, 7) is 4.51. The van der Waals surface area contributed by atoms with Crippen LogP contribution < -0.4 is 0 Å². The number of unbranched alkanes of at least 4 members (excludes halogenated alkanes) is 14. The van der Waals surface area contributed by atoms with Gasteiger partial charge in [-0.2, -0.15) is 0 Å². The Balaban J connectivity index is 2.07. The largest absolute Gasteiger partial charge is 0.508 e. The van der Waals surface area contributed by atoms with E-state index in [1.165, 1.54) is 109 Å². The second kappa shape index (κ2) is 17.7. The third-order valence-corrected chi connectivity index (χ3v) is 6.27. The molecule has 2 nitrogen and oxygen atoms in total. The first kappa shape index (κ1) is 25.9. The lowest BCUT2D eigenvalue weighted by Gasteiger charge is -2.18. The van der Waals surface area contributed by atoms with E-state index in [0.29, 0.717) is 5.92 Å². The van der Waals surface area contributed by atoms with Crippen LogP contribution in [-0.4, -0.2) is 10.2 Å². The lowest BCUT2D eigenvalue weighted by atomic mass is 9.88. The standard InChI is InChI=1S/C27H48O2/c1-3-5-7-8-9-10-11-12-13-14-15-16-17-18-20-24(19-6-4-2)26-22-21-25(28)23-27(26)29/h21-24,28-29H,3-20H2,1-2H3. The highest BCUT2D eigenvalue weighted by Gasteiger charge is 2.15. The molecule has 29 heavy (non-hydrogen) atoms. The molecule has 0 amide bonds. The van der Waals surface area contributed by atoms with Crippen molar-refractivity contribution in [1.82, 2.24) is 0 Å². The molecule has 0 heterocycles. The van der Waals surface area contributed by atoms with Gasteiger partial charge in [0.2, 0.25) is 0 Å². The van der Waals surface area contributed by atoms with E-state index >= 15 is 0 Å². The summed E-state index contributed by atoms with van der Waals surface area (Å²) < 4.78 is 0. The van der Waals surface area contributed by atoms with Crippen molar-refractivity contribution in [2.24, 2.45) is 0 Å². The van der Waals surface area contributed by atoms with Crippen LogP contribution in [0.15, 0.2) is 18.2 Å². The van der Waals surface area contributed by atoms with Crippen molar-refractivity contribution < 1.29 is 10.2 Å². The first-order valence-electron chi connectivity index (χ1n) is 12.7. The molecule has 0 radical (unpaired) electrons. The minimum atomic E-state index is 0.150. The van der Waals surface area contributed by atoms with Gasteiger partial charge < -0.3 is 10.2 Å². The van der Waals surface area contributed by atoms with Gasteiger partial charge in [0.05, 0.1) is 0 Å². The molecular weight excluding hydrogens is 356 g/mol. The molecule has 0 spiro atoms. The quantitative estimate of drug-likeness (QED) is 0.225. The van der Waals surface area contributed by atoms with Crippen molar-refractivity contribution in [3.63, 3.8) is 0 Å². The highest BCUT2D eigenvalue weighted by atomic mass is 16.3. The van der Waals surface area contributed by atoms with Crippen molar-refractivity contribution in [1.29, 1.82) is 0 Å². The van der Waals surface area contributed by atoms with Gasteiger partial charge in [-0.1, -0.05) is 123 Å². The van der Waals surface area contributed by atoms with Gasteiger partial charge in [0, 0.05) is 6.07 Å². The van der Waals surface area contributed by atoms with Gasteiger partial charge >= 0.3 is 0 Å². The SMILES string of the molecule is CCCCCCCCCCCCCCCCC(CCCC)c1ccc(O)cc1O. The number of rotatable bonds is 19. The Morgan fingerprint density at radius 1 is 0.586 bits per heavy atom. The molecule has 1 aromatic carbocycles. The maximum absolute atomic E-state index is 10.2. The molecule has 2 heteroatoms. The summed E-state index contributed by atoms with van der Waals surface area (Å²) in [4.78, 5) is 0. The van der Waals surface area contributed by atoms with Crippen LogP contribution in [0.5, 0.6) is 11.5 Å². The highest BCUT2D eigenvalue weighted by molar-refractivity contribution is 5.41. The van der Waals surface area contributed by atoms with Crippen LogP contribution in [-0.2, 0) is 0 Å². The smallest absolute Gasteiger partial charge is 0.122 e. The van der Waals surface area contributed by atoms with Crippen molar-refractivity contribution in [3.05, 3.63) is 23.8 Å². The minimum absolute atomic E-state index is 0.150. The summed E-state index contributed by atoms with van der Waals surface area (Å²) in [6, 6.07) is 5.10. The molecule has 1 unspecified atom stereocenters. The van der Waals surface area contributed by atoms with Gasteiger partial charge in [-0.25, -0.2) is 0 Å². The third-order valence-electron chi connectivity index (χ3n) is 6.27. The Hall–Kier alpha value is -1.18. The van der Waals surface area contributed by atoms with E-state index in [1.54, 1.807) is 6.07 Å². The third kappa shape index (κ3) is 12.9. The zero-order valence-electron chi connectivity index (χ0n) is 19.4. The maximum Gasteiger partial charge on any atom is 0.122 e. The molecular formula is C27H48O2. The van der Waals surface area contributed by atoms with Crippen molar-refractivity contribution in [2.75, 3.05) is 0 Å². The zero-order chi connectivity index (χ0) is 21.2. The summed E-state index contributed by atoms with van der Waals surface area (Å²) in [7, 11) is 0. The summed E-state index contributed by atoms with van der Waals surface area (Å²) in [5.41, 5.74) is 1.02. The van der Waals surface area contributed by atoms with E-state index < -0.39 is 0 Å². The average Bonchev–Trinajstić information content (AvgIpc) is 2.71. The van der Waals surface area contributed by atoms with Crippen LogP contribution in [0, 0.1) is 0 Å². The number of hydrogen-bond acceptors (Lipinski definition) is 2. The van der Waals surface area contributed by atoms with E-state index in [0.717, 1.165) is 18.4 Å². The normalized spacial score (nSPS) is 12.3. The molecule has 0 aliphatic carbocycles. The zero-order valence-corrected chi connectivity index (χ0v) is 19.4. The Morgan fingerprint density at radius 3 is 1.52 bits per heavy atom. The summed E-state index contributed by atoms with van der Waals surface area (Å²) in [5.74, 6) is 0.835. The van der Waals surface area contributed by atoms with Gasteiger partial charge in [0.25, 0.3) is 0 Å². The van der Waals surface area contributed by atoms with Gasteiger partial charge in [0.1, 0.15) is 11.5 Å². The molecule has 1 aromatic rings. The van der Waals surface area contributed by atoms with E-state index in [1.807, 2.05) is 6.07 Å². The summed E-state index contributed by atoms with van der Waals surface area (Å²) in [5, 5.41) is 19.8. The van der Waals surface area contributed by atoms with Gasteiger partial charge in [0.15, 0.2) is 0 Å². The number of phenols is 2. The van der Waals surface area contributed by atoms with E-state index in [2.05, 4.69) is 13.8 Å².